The number of carbonyl (C=O) groups excluding carboxylic acids is 12. The van der Waals surface area contributed by atoms with Crippen molar-refractivity contribution in [2.45, 2.75) is 293 Å². The van der Waals surface area contributed by atoms with Gasteiger partial charge in [-0.1, -0.05) is 85.5 Å². The fraction of sp³-hybridized carbons (Fsp3) is 0.842. The van der Waals surface area contributed by atoms with E-state index in [9.17, 15) is 59.9 Å². The Hall–Kier alpha value is -6.92. The predicted octanol–water partition coefficient (Wildman–Crippen LogP) is 7.73. The summed E-state index contributed by atoms with van der Waals surface area (Å²) >= 11 is 0. The molecule has 3 heterocycles. The molecule has 3 N–H and O–H groups in total. The van der Waals surface area contributed by atoms with Crippen molar-refractivity contribution in [3.05, 3.63) is 0 Å². The second kappa shape index (κ2) is 37.9. The quantitative estimate of drug-likeness (QED) is 0.158. The molecule has 3 aliphatic heterocycles. The summed E-state index contributed by atoms with van der Waals surface area (Å²) in [6, 6.07) is -12.4. The number of piperidine rings is 1. The number of likely N-dealkylation sites (N-methyl/N-ethyl adjacent to an activating group) is 7. The smallest absolute Gasteiger partial charge is 0.343 e. The van der Waals surface area contributed by atoms with Crippen LogP contribution in [0.5, 0.6) is 0 Å². The van der Waals surface area contributed by atoms with Gasteiger partial charge >= 0.3 is 12.4 Å². The van der Waals surface area contributed by atoms with E-state index in [1.165, 1.54) is 73.0 Å². The molecule has 0 aromatic rings. The summed E-state index contributed by atoms with van der Waals surface area (Å²) in [6.45, 7) is 9.69. The molecule has 4 saturated carbocycles. The Bertz CT molecular complexity index is 3170. The van der Waals surface area contributed by atoms with Crippen molar-refractivity contribution in [1.82, 2.24) is 60.0 Å². The third-order valence-corrected chi connectivity index (χ3v) is 25.4. The summed E-state index contributed by atoms with van der Waals surface area (Å²) in [4.78, 5) is 191. The van der Waals surface area contributed by atoms with Crippen molar-refractivity contribution in [1.29, 1.82) is 0 Å². The van der Waals surface area contributed by atoms with Gasteiger partial charge < -0.3 is 60.0 Å². The van der Waals surface area contributed by atoms with Gasteiger partial charge in [0.25, 0.3) is 0 Å². The number of nitrogens with one attached hydrogen (secondary N) is 3. The Kier molecular flexibility index (Phi) is 31.0. The van der Waals surface area contributed by atoms with Crippen LogP contribution in [0, 0.1) is 41.4 Å². The maximum absolute atomic E-state index is 15.8. The summed E-state index contributed by atoms with van der Waals surface area (Å²) in [6.07, 6.45) is -11.0. The molecule has 7 aliphatic rings. The van der Waals surface area contributed by atoms with E-state index < -0.39 is 223 Å². The number of carbonyl (C=O) groups is 12. The largest absolute Gasteiger partial charge is 0.397 e. The molecule has 13 atom stereocenters. The highest BCUT2D eigenvalue weighted by Crippen LogP contribution is 2.45. The molecule has 3 saturated heterocycles. The van der Waals surface area contributed by atoms with Crippen LogP contribution < -0.4 is 16.0 Å². The van der Waals surface area contributed by atoms with Crippen LogP contribution in [0.3, 0.4) is 0 Å². The molecule has 7 rings (SSSR count). The molecule has 7 fully saturated rings. The molecule has 0 bridgehead atoms. The molecule has 32 heteroatoms. The fourth-order valence-electron chi connectivity index (χ4n) is 17.4. The minimum Gasteiger partial charge on any atom is -0.343 e. The third-order valence-electron chi connectivity index (χ3n) is 25.4. The minimum atomic E-state index is -5.21. The summed E-state index contributed by atoms with van der Waals surface area (Å²) in [5.41, 5.74) is -1.70. The summed E-state index contributed by atoms with van der Waals surface area (Å²) in [7, 11) is 9.30. The van der Waals surface area contributed by atoms with Gasteiger partial charge in [-0.25, -0.2) is 8.78 Å². The first-order valence-corrected chi connectivity index (χ1v) is 39.4. The molecule has 1 spiro atoms. The number of halogens is 8. The van der Waals surface area contributed by atoms with E-state index in [-0.39, 0.29) is 76.7 Å². The Morgan fingerprint density at radius 2 is 1.08 bits per heavy atom. The summed E-state index contributed by atoms with van der Waals surface area (Å²) in [5.74, 6) is -16.7. The lowest BCUT2D eigenvalue weighted by atomic mass is 9.76. The highest BCUT2D eigenvalue weighted by molar-refractivity contribution is 6.01. The first-order chi connectivity index (χ1) is 50.6. The molecule has 0 aromatic heterocycles. The average molecular weight is 1550 g/mol. The van der Waals surface area contributed by atoms with Crippen molar-refractivity contribution in [3.63, 3.8) is 0 Å². The highest BCUT2D eigenvalue weighted by Gasteiger charge is 2.55. The number of likely N-dealkylation sites (tertiary alicyclic amines) is 1. The zero-order chi connectivity index (χ0) is 80.4. The average Bonchev–Trinajstić information content (AvgIpc) is 1.70. The van der Waals surface area contributed by atoms with Gasteiger partial charge in [0.2, 0.25) is 70.9 Å². The first kappa shape index (κ1) is 88.3. The van der Waals surface area contributed by atoms with Crippen LogP contribution >= 0.6 is 0 Å². The highest BCUT2D eigenvalue weighted by atomic mass is 19.4. The molecule has 612 valence electrons. The van der Waals surface area contributed by atoms with Crippen molar-refractivity contribution in [2.24, 2.45) is 41.4 Å². The minimum absolute atomic E-state index is 0.00653. The Morgan fingerprint density at radius 3 is 1.63 bits per heavy atom. The Balaban J connectivity index is 1.31. The molecule has 2 unspecified atom stereocenters. The topological polar surface area (TPSA) is 270 Å². The lowest BCUT2D eigenvalue weighted by molar-refractivity contribution is -0.219. The third kappa shape index (κ3) is 21.0. The van der Waals surface area contributed by atoms with E-state index >= 15 is 32.8 Å². The van der Waals surface area contributed by atoms with Gasteiger partial charge in [0.15, 0.2) is 0 Å². The van der Waals surface area contributed by atoms with Gasteiger partial charge in [0.05, 0.1) is 18.9 Å². The van der Waals surface area contributed by atoms with Gasteiger partial charge in [-0.15, -0.1) is 0 Å². The van der Waals surface area contributed by atoms with E-state index in [1.807, 2.05) is 0 Å². The van der Waals surface area contributed by atoms with Gasteiger partial charge in [-0.3, -0.25) is 57.5 Å². The Morgan fingerprint density at radius 1 is 0.528 bits per heavy atom. The molecular weight excluding hydrogens is 1420 g/mol. The number of fused-ring (bicyclic) bond motifs is 1. The van der Waals surface area contributed by atoms with Crippen molar-refractivity contribution < 1.29 is 92.7 Å². The van der Waals surface area contributed by atoms with Crippen LogP contribution in [0.4, 0.5) is 35.1 Å². The molecule has 108 heavy (non-hydrogen) atoms. The zero-order valence-electron chi connectivity index (χ0n) is 65.6. The number of hydrogen-bond acceptors (Lipinski definition) is 12. The number of rotatable bonds is 12. The van der Waals surface area contributed by atoms with Gasteiger partial charge in [0.1, 0.15) is 78.2 Å². The molecular formula is C76H120F8N12O12. The number of amides is 12. The molecule has 4 aliphatic carbocycles. The number of alkyl halides is 8. The normalized spacial score (nSPS) is 32.4. The SMILES string of the molecule is CC[C@H](C)[C@@H]1NC(=O)[C@H](C)N(C)C(=O)C[C@@H](C(=O)N2CCCCC2)N(C)C(=O)[C@H]([C@@H](C)CC)N(C)C(=O)C2(CCCC2)NC(=O)[C@@H](CC2CCCCC2)N(C)C(=O)[C@H](CCC2CC(F)C(C(F)(F)F)C(F)C2)NC(=O)CN(C)C(=O)[C@H](CC2CCC(C(F)(F)F)CC2)N(C)C(=O)[C@@H]2CCN2C(=O)[C@H](C)N(C)C1=O. The molecule has 24 nitrogen and oxygen atoms in total. The Labute approximate surface area is 631 Å². The standard InChI is InChI=1S/C76H120F8N12O12/c1-14-44(3)62-71(106)90(9)47(6)66(101)96-37-32-55(96)69(104)92(11)57(41-49-26-29-51(30-27-49)75(79,80)81)68(103)88(7)43-59(97)85-54(31-28-50-38-52(77)61(53(78)39-50)76(82,83)84)67(102)91(10)56(40-48-24-18-16-19-25-48)65(100)87-74(33-20-21-34-74)73(108)94(13)63(45(4)15-2)72(107)93(12)58(70(105)95-35-22-17-23-36-95)42-60(98)89(8)46(5)64(99)86-62/h44-58,61-63H,14-43H2,1-13H3,(H,85,97)(H,86,99)(H,87,100)/t44-,45-,46-,47-,49?,50?,51?,52?,53?,54-,55-,56+,57-,58-,61?,62-,63-/m0/s1. The maximum Gasteiger partial charge on any atom is 0.397 e. The van der Waals surface area contributed by atoms with Crippen LogP contribution in [-0.2, 0) is 57.5 Å². The van der Waals surface area contributed by atoms with E-state index in [0.717, 1.165) is 55.1 Å². The van der Waals surface area contributed by atoms with Crippen molar-refractivity contribution >= 4 is 70.9 Å². The number of hydrogen-bond donors (Lipinski definition) is 3. The molecule has 0 radical (unpaired) electrons. The van der Waals surface area contributed by atoms with E-state index in [1.54, 1.807) is 32.6 Å². The molecule has 12 amide bonds. The van der Waals surface area contributed by atoms with Crippen LogP contribution in [0.15, 0.2) is 0 Å². The fourth-order valence-corrected chi connectivity index (χ4v) is 17.4. The van der Waals surface area contributed by atoms with Gasteiger partial charge in [-0.05, 0) is 146 Å². The lowest BCUT2D eigenvalue weighted by Gasteiger charge is -2.45. The second-order valence-corrected chi connectivity index (χ2v) is 32.6. The van der Waals surface area contributed by atoms with Crippen LogP contribution in [-0.4, -0.2) is 275 Å². The monoisotopic (exact) mass is 1540 g/mol. The van der Waals surface area contributed by atoms with Gasteiger partial charge in [-0.2, -0.15) is 26.3 Å². The van der Waals surface area contributed by atoms with E-state index in [0.29, 0.717) is 64.5 Å². The molecule has 0 aromatic carbocycles. The second-order valence-electron chi connectivity index (χ2n) is 32.6. The van der Waals surface area contributed by atoms with E-state index in [4.69, 9.17) is 0 Å². The van der Waals surface area contributed by atoms with Crippen molar-refractivity contribution in [2.75, 3.05) is 75.5 Å². The first-order valence-electron chi connectivity index (χ1n) is 39.4. The summed E-state index contributed by atoms with van der Waals surface area (Å²) in [5, 5.41) is 8.49. The van der Waals surface area contributed by atoms with Gasteiger partial charge in [0, 0.05) is 69.0 Å². The van der Waals surface area contributed by atoms with Crippen LogP contribution in [0.25, 0.3) is 0 Å². The predicted molar refractivity (Wildman–Crippen MR) is 384 cm³/mol. The van der Waals surface area contributed by atoms with Crippen molar-refractivity contribution in [3.8, 4) is 0 Å². The lowest BCUT2D eigenvalue weighted by Crippen LogP contribution is -2.65. The maximum atomic E-state index is 15.8. The number of nitrogens with zero attached hydrogens (tertiary/aromatic N) is 9. The van der Waals surface area contributed by atoms with E-state index in [2.05, 4.69) is 16.0 Å². The summed E-state index contributed by atoms with van der Waals surface area (Å²) < 4.78 is 115. The van der Waals surface area contributed by atoms with Crippen LogP contribution in [0.2, 0.25) is 0 Å². The van der Waals surface area contributed by atoms with Crippen LogP contribution in [0.1, 0.15) is 208 Å². The zero-order valence-corrected chi connectivity index (χ0v) is 65.6.